The molecule has 3 aliphatic rings. The van der Waals surface area contributed by atoms with E-state index < -0.39 is 11.5 Å². The van der Waals surface area contributed by atoms with Crippen molar-refractivity contribution in [3.63, 3.8) is 0 Å². The molecule has 0 spiro atoms. The zero-order valence-corrected chi connectivity index (χ0v) is 23.9. The molecule has 0 aliphatic heterocycles. The number of carbonyl (C=O) groups is 3. The lowest BCUT2D eigenvalue weighted by atomic mass is 9.94. The fourth-order valence-corrected chi connectivity index (χ4v) is 7.54. The van der Waals surface area contributed by atoms with Crippen molar-refractivity contribution in [1.29, 1.82) is 0 Å². The largest absolute Gasteiger partial charge is 0.478 e. The Kier molecular flexibility index (Phi) is 6.88. The lowest BCUT2D eigenvalue weighted by Gasteiger charge is -2.29. The summed E-state index contributed by atoms with van der Waals surface area (Å²) in [6, 6.07) is 17.1. The molecule has 9 heteroatoms. The predicted octanol–water partition coefficient (Wildman–Crippen LogP) is 6.17. The van der Waals surface area contributed by atoms with Gasteiger partial charge in [0.1, 0.15) is 5.54 Å². The van der Waals surface area contributed by atoms with Gasteiger partial charge in [-0.3, -0.25) is 9.59 Å². The molecule has 4 N–H and O–H groups in total. The monoisotopic (exact) mass is 577 g/mol. The van der Waals surface area contributed by atoms with Gasteiger partial charge in [-0.1, -0.05) is 31.4 Å². The van der Waals surface area contributed by atoms with Crippen molar-refractivity contribution in [3.8, 4) is 11.5 Å². The van der Waals surface area contributed by atoms with Gasteiger partial charge in [0.25, 0.3) is 5.91 Å². The molecule has 3 atom stereocenters. The van der Waals surface area contributed by atoms with Crippen LogP contribution < -0.4 is 10.6 Å². The van der Waals surface area contributed by atoms with Crippen LogP contribution in [0.4, 0.5) is 5.69 Å². The SMILES string of the molecule is O=C(O)/C=C/c1ccc(NC(=O)C2(NC(=O)c3ccc4c(c3)nc(-c3ccc[nH]3)n4C3C[C@H]4CC[C@@H]3C4)CCCC2)cc1. The number of aliphatic carboxylic acids is 1. The van der Waals surface area contributed by atoms with E-state index in [1.165, 1.54) is 31.8 Å². The smallest absolute Gasteiger partial charge is 0.328 e. The molecule has 0 radical (unpaired) electrons. The third-order valence-electron chi connectivity index (χ3n) is 9.65. The molecule has 1 unspecified atom stereocenters. The van der Waals surface area contributed by atoms with Gasteiger partial charge in [-0.25, -0.2) is 9.78 Å². The average Bonchev–Trinajstić information content (AvgIpc) is 3.85. The van der Waals surface area contributed by atoms with Crippen molar-refractivity contribution in [3.05, 3.63) is 78.0 Å². The first-order chi connectivity index (χ1) is 20.9. The van der Waals surface area contributed by atoms with Crippen molar-refractivity contribution in [2.24, 2.45) is 11.8 Å². The van der Waals surface area contributed by atoms with E-state index in [1.807, 2.05) is 36.5 Å². The third kappa shape index (κ3) is 5.13. The molecule has 220 valence electrons. The number of aromatic nitrogens is 3. The first kappa shape index (κ1) is 27.2. The maximum atomic E-state index is 13.7. The number of hydrogen-bond acceptors (Lipinski definition) is 4. The molecule has 2 aromatic carbocycles. The van der Waals surface area contributed by atoms with Crippen LogP contribution in [0.1, 0.15) is 73.3 Å². The summed E-state index contributed by atoms with van der Waals surface area (Å²) in [5.41, 5.74) is 3.56. The molecule has 2 bridgehead atoms. The summed E-state index contributed by atoms with van der Waals surface area (Å²) < 4.78 is 2.39. The molecule has 4 aromatic rings. The van der Waals surface area contributed by atoms with Crippen LogP contribution in [0, 0.1) is 11.8 Å². The van der Waals surface area contributed by atoms with Gasteiger partial charge in [-0.2, -0.15) is 0 Å². The lowest BCUT2D eigenvalue weighted by Crippen LogP contribution is -2.55. The number of amides is 2. The highest BCUT2D eigenvalue weighted by molar-refractivity contribution is 6.05. The molecule has 3 saturated carbocycles. The summed E-state index contributed by atoms with van der Waals surface area (Å²) in [6.45, 7) is 0. The van der Waals surface area contributed by atoms with Crippen LogP contribution >= 0.6 is 0 Å². The molecule has 3 aliphatic carbocycles. The molecule has 2 heterocycles. The van der Waals surface area contributed by atoms with Gasteiger partial charge < -0.3 is 25.3 Å². The number of H-pyrrole nitrogens is 1. The van der Waals surface area contributed by atoms with E-state index in [0.29, 0.717) is 41.6 Å². The van der Waals surface area contributed by atoms with Gasteiger partial charge >= 0.3 is 5.97 Å². The number of carbonyl (C=O) groups excluding carboxylic acids is 2. The number of fused-ring (bicyclic) bond motifs is 3. The standard InChI is InChI=1S/C34H35N5O4/c40-30(41)14-8-21-6-11-25(12-7-21)36-33(43)34(15-1-2-16-34)38-32(42)24-10-13-28-27(20-24)37-31(26-4-3-17-35-26)39(28)29-19-22-5-9-23(29)18-22/h3-4,6-8,10-14,17,20,22-23,29,35H,1-2,5,9,15-16,18-19H2,(H,36,43)(H,38,42)(H,40,41)/b14-8+/t22-,23+,29?/m0/s1. The van der Waals surface area contributed by atoms with Gasteiger partial charge in [-0.15, -0.1) is 0 Å². The van der Waals surface area contributed by atoms with E-state index in [9.17, 15) is 14.4 Å². The van der Waals surface area contributed by atoms with Crippen LogP contribution in [0.15, 0.2) is 66.9 Å². The second-order valence-electron chi connectivity index (χ2n) is 12.3. The normalized spacial score (nSPS) is 22.4. The van der Waals surface area contributed by atoms with E-state index in [-0.39, 0.29) is 11.8 Å². The molecule has 0 saturated heterocycles. The summed E-state index contributed by atoms with van der Waals surface area (Å²) in [7, 11) is 0. The quantitative estimate of drug-likeness (QED) is 0.186. The van der Waals surface area contributed by atoms with Crippen LogP contribution in [-0.2, 0) is 9.59 Å². The Labute approximate surface area is 249 Å². The van der Waals surface area contributed by atoms with Crippen LogP contribution in [0.3, 0.4) is 0 Å². The van der Waals surface area contributed by atoms with E-state index >= 15 is 0 Å². The van der Waals surface area contributed by atoms with Gasteiger partial charge in [0.15, 0.2) is 5.82 Å². The maximum absolute atomic E-state index is 13.7. The van der Waals surface area contributed by atoms with Gasteiger partial charge in [-0.05, 0) is 98.0 Å². The molecular formula is C34H35N5O4. The van der Waals surface area contributed by atoms with Crippen LogP contribution in [0.5, 0.6) is 0 Å². The van der Waals surface area contributed by atoms with Crippen molar-refractivity contribution >= 4 is 40.6 Å². The van der Waals surface area contributed by atoms with Crippen molar-refractivity contribution < 1.29 is 19.5 Å². The van der Waals surface area contributed by atoms with Crippen molar-refractivity contribution in [2.75, 3.05) is 5.32 Å². The Morgan fingerprint density at radius 3 is 2.51 bits per heavy atom. The maximum Gasteiger partial charge on any atom is 0.328 e. The highest BCUT2D eigenvalue weighted by Gasteiger charge is 2.44. The highest BCUT2D eigenvalue weighted by Crippen LogP contribution is 2.52. The second-order valence-corrected chi connectivity index (χ2v) is 12.3. The zero-order valence-electron chi connectivity index (χ0n) is 23.9. The number of nitrogens with zero attached hydrogens (tertiary/aromatic N) is 2. The van der Waals surface area contributed by atoms with Crippen LogP contribution in [0.25, 0.3) is 28.6 Å². The van der Waals surface area contributed by atoms with Gasteiger partial charge in [0, 0.05) is 29.6 Å². The zero-order chi connectivity index (χ0) is 29.6. The molecule has 43 heavy (non-hydrogen) atoms. The minimum absolute atomic E-state index is 0.247. The third-order valence-corrected chi connectivity index (χ3v) is 9.65. The fraction of sp³-hybridized carbons (Fsp3) is 0.353. The average molecular weight is 578 g/mol. The minimum atomic E-state index is -1.02. The van der Waals surface area contributed by atoms with Crippen molar-refractivity contribution in [1.82, 2.24) is 19.9 Å². The summed E-state index contributed by atoms with van der Waals surface area (Å²) in [4.78, 5) is 46.4. The Bertz CT molecular complexity index is 1710. The summed E-state index contributed by atoms with van der Waals surface area (Å²) in [5.74, 6) is 0.801. The number of carboxylic acids is 1. The first-order valence-electron chi connectivity index (χ1n) is 15.2. The number of carboxylic acid groups (broad SMARTS) is 1. The topological polar surface area (TPSA) is 129 Å². The van der Waals surface area contributed by atoms with E-state index in [0.717, 1.165) is 47.4 Å². The Balaban J connectivity index is 1.13. The van der Waals surface area contributed by atoms with E-state index in [4.69, 9.17) is 10.1 Å². The number of aromatic amines is 1. The summed E-state index contributed by atoms with van der Waals surface area (Å²) in [5, 5.41) is 14.9. The Morgan fingerprint density at radius 2 is 1.84 bits per heavy atom. The molecular weight excluding hydrogens is 542 g/mol. The minimum Gasteiger partial charge on any atom is -0.478 e. The predicted molar refractivity (Wildman–Crippen MR) is 164 cm³/mol. The summed E-state index contributed by atoms with van der Waals surface area (Å²) in [6.07, 6.45) is 12.3. The number of anilines is 1. The first-order valence-corrected chi connectivity index (χ1v) is 15.2. The number of hydrogen-bond donors (Lipinski definition) is 4. The van der Waals surface area contributed by atoms with Crippen LogP contribution in [0.2, 0.25) is 0 Å². The molecule has 3 fully saturated rings. The summed E-state index contributed by atoms with van der Waals surface area (Å²) >= 11 is 0. The molecule has 9 nitrogen and oxygen atoms in total. The Hall–Kier alpha value is -4.66. The van der Waals surface area contributed by atoms with E-state index in [1.54, 1.807) is 24.3 Å². The number of rotatable bonds is 8. The highest BCUT2D eigenvalue weighted by atomic mass is 16.4. The van der Waals surface area contributed by atoms with Crippen LogP contribution in [-0.4, -0.2) is 43.0 Å². The number of nitrogens with one attached hydrogen (secondary N) is 3. The molecule has 2 aromatic heterocycles. The van der Waals surface area contributed by atoms with Gasteiger partial charge in [0.05, 0.1) is 16.7 Å². The van der Waals surface area contributed by atoms with Gasteiger partial charge in [0.2, 0.25) is 5.91 Å². The number of imidazole rings is 1. The van der Waals surface area contributed by atoms with Crippen molar-refractivity contribution in [2.45, 2.75) is 62.9 Å². The molecule has 2 amide bonds. The lowest BCUT2D eigenvalue weighted by molar-refractivity contribution is -0.131. The van der Waals surface area contributed by atoms with E-state index in [2.05, 4.69) is 20.2 Å². The fourth-order valence-electron chi connectivity index (χ4n) is 7.54. The number of benzene rings is 2. The molecule has 7 rings (SSSR count). The Morgan fingerprint density at radius 1 is 1.02 bits per heavy atom. The second kappa shape index (κ2) is 10.9.